The summed E-state index contributed by atoms with van der Waals surface area (Å²) in [5, 5.41) is 12.8. The number of phenolic OH excluding ortho intramolecular Hbond substituents is 1. The van der Waals surface area contributed by atoms with Crippen LogP contribution in [0.1, 0.15) is 48.5 Å². The highest BCUT2D eigenvalue weighted by molar-refractivity contribution is 6.19. The molecule has 0 radical (unpaired) electrons. The average molecular weight is 296 g/mol. The molecule has 1 fully saturated rings. The van der Waals surface area contributed by atoms with E-state index in [1.807, 2.05) is 0 Å². The SMILES string of the molecule is Cc1ccc(C(=O)NC2(CCl)CCC(C)CC2)cc1O. The van der Waals surface area contributed by atoms with Gasteiger partial charge in [-0.2, -0.15) is 0 Å². The Morgan fingerprint density at radius 1 is 1.45 bits per heavy atom. The topological polar surface area (TPSA) is 49.3 Å². The van der Waals surface area contributed by atoms with Crippen LogP contribution in [0, 0.1) is 12.8 Å². The second kappa shape index (κ2) is 6.04. The van der Waals surface area contributed by atoms with Gasteiger partial charge in [-0.05, 0) is 56.2 Å². The zero-order valence-corrected chi connectivity index (χ0v) is 12.8. The van der Waals surface area contributed by atoms with Crippen LogP contribution in [0.15, 0.2) is 18.2 Å². The minimum atomic E-state index is -0.300. The fraction of sp³-hybridized carbons (Fsp3) is 0.562. The van der Waals surface area contributed by atoms with Gasteiger partial charge in [-0.25, -0.2) is 0 Å². The Morgan fingerprint density at radius 2 is 2.10 bits per heavy atom. The molecule has 0 aromatic heterocycles. The van der Waals surface area contributed by atoms with Gasteiger partial charge in [-0.15, -0.1) is 11.6 Å². The van der Waals surface area contributed by atoms with Crippen LogP contribution in [0.3, 0.4) is 0 Å². The molecule has 0 unspecified atom stereocenters. The number of benzene rings is 1. The zero-order chi connectivity index (χ0) is 14.8. The Morgan fingerprint density at radius 3 is 2.65 bits per heavy atom. The minimum absolute atomic E-state index is 0.148. The van der Waals surface area contributed by atoms with E-state index in [1.54, 1.807) is 19.1 Å². The number of rotatable bonds is 3. The summed E-state index contributed by atoms with van der Waals surface area (Å²) in [6.45, 7) is 4.04. The van der Waals surface area contributed by atoms with Crippen LogP contribution in [0.5, 0.6) is 5.75 Å². The molecular formula is C16H22ClNO2. The first kappa shape index (κ1) is 15.2. The zero-order valence-electron chi connectivity index (χ0n) is 12.1. The lowest BCUT2D eigenvalue weighted by molar-refractivity contribution is 0.0872. The highest BCUT2D eigenvalue weighted by Crippen LogP contribution is 2.33. The summed E-state index contributed by atoms with van der Waals surface area (Å²) in [4.78, 5) is 12.3. The van der Waals surface area contributed by atoms with Crippen molar-refractivity contribution in [1.29, 1.82) is 0 Å². The molecule has 1 aliphatic rings. The van der Waals surface area contributed by atoms with Crippen LogP contribution in [-0.2, 0) is 0 Å². The van der Waals surface area contributed by atoms with Gasteiger partial charge in [0.1, 0.15) is 5.75 Å². The van der Waals surface area contributed by atoms with Crippen molar-refractivity contribution in [2.45, 2.75) is 45.1 Å². The molecule has 0 saturated heterocycles. The molecule has 1 saturated carbocycles. The fourth-order valence-corrected chi connectivity index (χ4v) is 3.00. The second-order valence-electron chi connectivity index (χ2n) is 6.05. The number of hydrogen-bond donors (Lipinski definition) is 2. The van der Waals surface area contributed by atoms with E-state index in [9.17, 15) is 9.90 Å². The normalized spacial score (nSPS) is 26.2. The minimum Gasteiger partial charge on any atom is -0.508 e. The Balaban J connectivity index is 2.11. The van der Waals surface area contributed by atoms with Crippen molar-refractivity contribution in [1.82, 2.24) is 5.32 Å². The van der Waals surface area contributed by atoms with E-state index in [2.05, 4.69) is 12.2 Å². The van der Waals surface area contributed by atoms with Gasteiger partial charge in [0.2, 0.25) is 0 Å². The number of aromatic hydroxyl groups is 1. The second-order valence-corrected chi connectivity index (χ2v) is 6.32. The highest BCUT2D eigenvalue weighted by atomic mass is 35.5. The standard InChI is InChI=1S/C16H22ClNO2/c1-11-5-7-16(10-17,8-6-11)18-15(20)13-4-3-12(2)14(19)9-13/h3-4,9,11,19H,5-8,10H2,1-2H3,(H,18,20). The summed E-state index contributed by atoms with van der Waals surface area (Å²) in [6.07, 6.45) is 4.01. The molecule has 0 atom stereocenters. The van der Waals surface area contributed by atoms with Gasteiger partial charge >= 0.3 is 0 Å². The third kappa shape index (κ3) is 3.26. The maximum Gasteiger partial charge on any atom is 0.251 e. The first-order valence-corrected chi connectivity index (χ1v) is 7.67. The Hall–Kier alpha value is -1.22. The van der Waals surface area contributed by atoms with E-state index in [4.69, 9.17) is 11.6 Å². The number of alkyl halides is 1. The molecule has 110 valence electrons. The number of phenols is 1. The predicted molar refractivity (Wildman–Crippen MR) is 81.4 cm³/mol. The number of nitrogens with one attached hydrogen (secondary N) is 1. The number of carbonyl (C=O) groups is 1. The van der Waals surface area contributed by atoms with Gasteiger partial charge in [-0.3, -0.25) is 4.79 Å². The lowest BCUT2D eigenvalue weighted by atomic mass is 9.78. The Kier molecular flexibility index (Phi) is 4.59. The molecule has 1 amide bonds. The quantitative estimate of drug-likeness (QED) is 0.837. The molecule has 1 aromatic rings. The maximum absolute atomic E-state index is 12.3. The van der Waals surface area contributed by atoms with E-state index >= 15 is 0 Å². The number of amides is 1. The summed E-state index contributed by atoms with van der Waals surface area (Å²) in [5.74, 6) is 1.13. The van der Waals surface area contributed by atoms with Crippen LogP contribution in [-0.4, -0.2) is 22.4 Å². The predicted octanol–water partition coefficient (Wildman–Crippen LogP) is 3.62. The maximum atomic E-state index is 12.3. The van der Waals surface area contributed by atoms with Crippen LogP contribution in [0.2, 0.25) is 0 Å². The molecule has 0 bridgehead atoms. The summed E-state index contributed by atoms with van der Waals surface area (Å²) in [7, 11) is 0. The van der Waals surface area contributed by atoms with Crippen LogP contribution >= 0.6 is 11.6 Å². The number of aryl methyl sites for hydroxylation is 1. The molecule has 4 heteroatoms. The van der Waals surface area contributed by atoms with E-state index < -0.39 is 0 Å². The average Bonchev–Trinajstić information content (AvgIpc) is 2.44. The molecule has 2 N–H and O–H groups in total. The summed E-state index contributed by atoms with van der Waals surface area (Å²) < 4.78 is 0. The molecule has 1 aliphatic carbocycles. The summed E-state index contributed by atoms with van der Waals surface area (Å²) in [6, 6.07) is 5.00. The van der Waals surface area contributed by atoms with Crippen LogP contribution in [0.4, 0.5) is 0 Å². The molecule has 1 aromatic carbocycles. The summed E-state index contributed by atoms with van der Waals surface area (Å²) in [5.41, 5.74) is 0.947. The number of carbonyl (C=O) groups excluding carboxylic acids is 1. The third-order valence-electron chi connectivity index (χ3n) is 4.34. The van der Waals surface area contributed by atoms with Crippen molar-refractivity contribution in [2.75, 3.05) is 5.88 Å². The van der Waals surface area contributed by atoms with E-state index in [-0.39, 0.29) is 17.2 Å². The van der Waals surface area contributed by atoms with Crippen molar-refractivity contribution in [2.24, 2.45) is 5.92 Å². The smallest absolute Gasteiger partial charge is 0.251 e. The molecule has 0 aliphatic heterocycles. The van der Waals surface area contributed by atoms with Gasteiger partial charge in [0.25, 0.3) is 5.91 Å². The van der Waals surface area contributed by atoms with Crippen molar-refractivity contribution in [3.8, 4) is 5.75 Å². The van der Waals surface area contributed by atoms with Crippen molar-refractivity contribution < 1.29 is 9.90 Å². The number of hydrogen-bond acceptors (Lipinski definition) is 2. The van der Waals surface area contributed by atoms with Crippen molar-refractivity contribution >= 4 is 17.5 Å². The van der Waals surface area contributed by atoms with Gasteiger partial charge in [0.05, 0.1) is 5.54 Å². The van der Waals surface area contributed by atoms with E-state index in [1.165, 1.54) is 6.07 Å². The monoisotopic (exact) mass is 295 g/mol. The van der Waals surface area contributed by atoms with E-state index in [0.717, 1.165) is 31.2 Å². The van der Waals surface area contributed by atoms with Gasteiger partial charge in [0.15, 0.2) is 0 Å². The van der Waals surface area contributed by atoms with Gasteiger partial charge < -0.3 is 10.4 Å². The first-order chi connectivity index (χ1) is 9.46. The molecule has 3 nitrogen and oxygen atoms in total. The Labute approximate surface area is 125 Å². The van der Waals surface area contributed by atoms with E-state index in [0.29, 0.717) is 17.4 Å². The molecule has 20 heavy (non-hydrogen) atoms. The molecule has 0 spiro atoms. The lowest BCUT2D eigenvalue weighted by Gasteiger charge is -2.38. The van der Waals surface area contributed by atoms with Crippen LogP contribution in [0.25, 0.3) is 0 Å². The van der Waals surface area contributed by atoms with Crippen molar-refractivity contribution in [3.63, 3.8) is 0 Å². The van der Waals surface area contributed by atoms with Crippen molar-refractivity contribution in [3.05, 3.63) is 29.3 Å². The number of halogens is 1. The molecule has 2 rings (SSSR count). The Bertz CT molecular complexity index is 493. The molecule has 0 heterocycles. The lowest BCUT2D eigenvalue weighted by Crippen LogP contribution is -2.52. The fourth-order valence-electron chi connectivity index (χ4n) is 2.67. The van der Waals surface area contributed by atoms with Gasteiger partial charge in [0, 0.05) is 11.4 Å². The van der Waals surface area contributed by atoms with Gasteiger partial charge in [-0.1, -0.05) is 13.0 Å². The summed E-state index contributed by atoms with van der Waals surface area (Å²) >= 11 is 6.11. The van der Waals surface area contributed by atoms with Crippen LogP contribution < -0.4 is 5.32 Å². The molecular weight excluding hydrogens is 274 g/mol. The third-order valence-corrected chi connectivity index (χ3v) is 4.85. The largest absolute Gasteiger partial charge is 0.508 e. The highest BCUT2D eigenvalue weighted by Gasteiger charge is 2.35. The first-order valence-electron chi connectivity index (χ1n) is 7.14.